The molecule has 3 rings (SSSR count). The van der Waals surface area contributed by atoms with Crippen LogP contribution < -0.4 is 10.2 Å². The van der Waals surface area contributed by atoms with Crippen LogP contribution in [0, 0.1) is 0 Å². The molecule has 0 aliphatic rings. The number of hydrogen-bond acceptors (Lipinski definition) is 4. The molecule has 32 heavy (non-hydrogen) atoms. The van der Waals surface area contributed by atoms with Crippen molar-refractivity contribution >= 4 is 52.3 Å². The average molecular weight is 504 g/mol. The van der Waals surface area contributed by atoms with Gasteiger partial charge in [-0.3, -0.25) is 0 Å². The molecule has 0 unspecified atom stereocenters. The molecule has 0 fully saturated rings. The van der Waals surface area contributed by atoms with Gasteiger partial charge < -0.3 is 9.57 Å². The lowest BCUT2D eigenvalue weighted by Crippen LogP contribution is -2.28. The highest BCUT2D eigenvalue weighted by atomic mass is 35.5. The number of carbonyl (C=O) groups excluding carboxylic acids is 1. The van der Waals surface area contributed by atoms with Crippen molar-refractivity contribution in [3.8, 4) is 5.75 Å². The van der Waals surface area contributed by atoms with Gasteiger partial charge in [0.1, 0.15) is 5.75 Å². The van der Waals surface area contributed by atoms with Gasteiger partial charge in [0.05, 0.1) is 26.9 Å². The largest absolute Gasteiger partial charge is 0.573 e. The lowest BCUT2D eigenvalue weighted by atomic mass is 10.2. The standard InChI is InChI=1S/C21H12Cl3F3N2O3/c22-13-6-4-12(5-7-13)20(30)32-29-19(18-16(23)2-1-3-17(18)24)28-14-8-10-15(11-9-14)31-21(25,26)27/h1-11H,(H,28,29). The van der Waals surface area contributed by atoms with Gasteiger partial charge in [-0.15, -0.1) is 13.2 Å². The van der Waals surface area contributed by atoms with E-state index in [1.165, 1.54) is 36.4 Å². The third-order valence-corrected chi connectivity index (χ3v) is 4.71. The fourth-order valence-corrected chi connectivity index (χ4v) is 3.15. The van der Waals surface area contributed by atoms with E-state index in [1.54, 1.807) is 18.2 Å². The molecule has 5 nitrogen and oxygen atoms in total. The summed E-state index contributed by atoms with van der Waals surface area (Å²) < 4.78 is 40.9. The lowest BCUT2D eigenvalue weighted by Gasteiger charge is -2.13. The highest BCUT2D eigenvalue weighted by Gasteiger charge is 2.31. The Morgan fingerprint density at radius 3 is 2.03 bits per heavy atom. The molecule has 0 atom stereocenters. The fourth-order valence-electron chi connectivity index (χ4n) is 2.44. The van der Waals surface area contributed by atoms with Crippen LogP contribution in [0.15, 0.2) is 71.7 Å². The van der Waals surface area contributed by atoms with Crippen LogP contribution in [-0.4, -0.2) is 18.2 Å². The van der Waals surface area contributed by atoms with Crippen LogP contribution in [-0.2, 0) is 4.84 Å². The summed E-state index contributed by atoms with van der Waals surface area (Å²) in [4.78, 5) is 21.7. The molecule has 0 aliphatic carbocycles. The lowest BCUT2D eigenvalue weighted by molar-refractivity contribution is -0.274. The van der Waals surface area contributed by atoms with E-state index in [9.17, 15) is 18.0 Å². The maximum absolute atomic E-state index is 12.4. The van der Waals surface area contributed by atoms with Gasteiger partial charge in [-0.25, -0.2) is 9.79 Å². The smallest absolute Gasteiger partial charge is 0.406 e. The van der Waals surface area contributed by atoms with Gasteiger partial charge in [0.15, 0.2) is 5.84 Å². The number of nitrogens with one attached hydrogen (secondary N) is 1. The Balaban J connectivity index is 1.89. The number of carbonyl (C=O) groups is 1. The minimum absolute atomic E-state index is 0.0487. The quantitative estimate of drug-likeness (QED) is 0.237. The summed E-state index contributed by atoms with van der Waals surface area (Å²) in [6.45, 7) is 0. The molecule has 3 aromatic rings. The number of amidine groups is 1. The van der Waals surface area contributed by atoms with Crippen LogP contribution in [0.1, 0.15) is 15.9 Å². The Bertz CT molecular complexity index is 1120. The zero-order chi connectivity index (χ0) is 23.3. The predicted molar refractivity (Wildman–Crippen MR) is 116 cm³/mol. The van der Waals surface area contributed by atoms with Crippen molar-refractivity contribution in [2.75, 3.05) is 0 Å². The molecule has 0 aromatic heterocycles. The number of benzene rings is 3. The topological polar surface area (TPSA) is 59.9 Å². The second-order valence-electron chi connectivity index (χ2n) is 6.10. The van der Waals surface area contributed by atoms with Crippen LogP contribution in [0.5, 0.6) is 5.75 Å². The number of halogens is 6. The van der Waals surface area contributed by atoms with Gasteiger partial charge in [-0.2, -0.15) is 5.48 Å². The molecule has 0 amide bonds. The molecular formula is C21H12Cl3F3N2O3. The van der Waals surface area contributed by atoms with E-state index in [-0.39, 0.29) is 32.7 Å². The van der Waals surface area contributed by atoms with Crippen molar-refractivity contribution in [1.82, 2.24) is 5.48 Å². The maximum Gasteiger partial charge on any atom is 0.573 e. The van der Waals surface area contributed by atoms with E-state index < -0.39 is 18.1 Å². The zero-order valence-electron chi connectivity index (χ0n) is 15.8. The minimum Gasteiger partial charge on any atom is -0.406 e. The van der Waals surface area contributed by atoms with Gasteiger partial charge in [0.25, 0.3) is 0 Å². The maximum atomic E-state index is 12.4. The summed E-state index contributed by atoms with van der Waals surface area (Å²) in [5, 5.41) is 0.837. The SMILES string of the molecule is O=C(ONC(=Nc1ccc(OC(F)(F)F)cc1)c1c(Cl)cccc1Cl)c1ccc(Cl)cc1. The van der Waals surface area contributed by atoms with E-state index in [0.29, 0.717) is 5.02 Å². The van der Waals surface area contributed by atoms with E-state index in [1.807, 2.05) is 0 Å². The number of alkyl halides is 3. The summed E-state index contributed by atoms with van der Waals surface area (Å²) in [6.07, 6.45) is -4.82. The number of hydrogen-bond donors (Lipinski definition) is 1. The Morgan fingerprint density at radius 2 is 1.47 bits per heavy atom. The van der Waals surface area contributed by atoms with Crippen LogP contribution in [0.2, 0.25) is 15.1 Å². The van der Waals surface area contributed by atoms with Crippen LogP contribution in [0.4, 0.5) is 18.9 Å². The molecular weight excluding hydrogens is 492 g/mol. The Morgan fingerprint density at radius 1 is 0.875 bits per heavy atom. The second-order valence-corrected chi connectivity index (χ2v) is 7.35. The van der Waals surface area contributed by atoms with Gasteiger partial charge in [0.2, 0.25) is 0 Å². The number of aliphatic imine (C=N–C) groups is 1. The Kier molecular flexibility index (Phi) is 7.50. The first kappa shape index (κ1) is 23.7. The van der Waals surface area contributed by atoms with Gasteiger partial charge in [-0.1, -0.05) is 40.9 Å². The summed E-state index contributed by atoms with van der Waals surface area (Å²) in [5.74, 6) is -1.21. The average Bonchev–Trinajstić information content (AvgIpc) is 2.72. The molecule has 0 bridgehead atoms. The van der Waals surface area contributed by atoms with E-state index >= 15 is 0 Å². The number of nitrogens with zero attached hydrogens (tertiary/aromatic N) is 1. The molecule has 0 radical (unpaired) electrons. The van der Waals surface area contributed by atoms with E-state index in [2.05, 4.69) is 15.2 Å². The van der Waals surface area contributed by atoms with Crippen molar-refractivity contribution in [3.63, 3.8) is 0 Å². The van der Waals surface area contributed by atoms with Crippen molar-refractivity contribution in [2.24, 2.45) is 4.99 Å². The highest BCUT2D eigenvalue weighted by molar-refractivity contribution is 6.40. The third-order valence-electron chi connectivity index (χ3n) is 3.83. The van der Waals surface area contributed by atoms with Crippen LogP contribution in [0.3, 0.4) is 0 Å². The van der Waals surface area contributed by atoms with Gasteiger partial charge in [-0.05, 0) is 60.7 Å². The van der Waals surface area contributed by atoms with Gasteiger partial charge in [0, 0.05) is 5.02 Å². The zero-order valence-corrected chi connectivity index (χ0v) is 18.1. The summed E-state index contributed by atoms with van der Waals surface area (Å²) >= 11 is 18.3. The van der Waals surface area contributed by atoms with Crippen LogP contribution >= 0.6 is 34.8 Å². The predicted octanol–water partition coefficient (Wildman–Crippen LogP) is 6.99. The second kappa shape index (κ2) is 10.1. The molecule has 0 saturated heterocycles. The summed E-state index contributed by atoms with van der Waals surface area (Å²) in [5.41, 5.74) is 3.05. The first-order chi connectivity index (χ1) is 15.1. The molecule has 0 heterocycles. The first-order valence-corrected chi connectivity index (χ1v) is 9.87. The molecule has 0 saturated carbocycles. The number of rotatable bonds is 4. The van der Waals surface area contributed by atoms with E-state index in [0.717, 1.165) is 12.1 Å². The molecule has 166 valence electrons. The monoisotopic (exact) mass is 502 g/mol. The van der Waals surface area contributed by atoms with Crippen LogP contribution in [0.25, 0.3) is 0 Å². The molecule has 0 aliphatic heterocycles. The Labute approximate surface area is 195 Å². The normalized spacial score (nSPS) is 11.8. The number of ether oxygens (including phenoxy) is 1. The van der Waals surface area contributed by atoms with Gasteiger partial charge >= 0.3 is 12.3 Å². The molecule has 1 N–H and O–H groups in total. The molecule has 3 aromatic carbocycles. The highest BCUT2D eigenvalue weighted by Crippen LogP contribution is 2.28. The van der Waals surface area contributed by atoms with E-state index in [4.69, 9.17) is 39.6 Å². The number of hydroxylamine groups is 1. The Hall–Kier alpha value is -2.94. The third kappa shape index (κ3) is 6.53. The van der Waals surface area contributed by atoms with Crippen molar-refractivity contribution in [3.05, 3.63) is 92.9 Å². The first-order valence-electron chi connectivity index (χ1n) is 8.74. The van der Waals surface area contributed by atoms with Crippen molar-refractivity contribution < 1.29 is 27.5 Å². The van der Waals surface area contributed by atoms with Crippen molar-refractivity contribution in [2.45, 2.75) is 6.36 Å². The summed E-state index contributed by atoms with van der Waals surface area (Å²) in [7, 11) is 0. The summed E-state index contributed by atoms with van der Waals surface area (Å²) in [6, 6.07) is 15.4. The van der Waals surface area contributed by atoms with Crippen molar-refractivity contribution in [1.29, 1.82) is 0 Å². The molecule has 0 spiro atoms. The molecule has 11 heteroatoms. The minimum atomic E-state index is -4.82. The fraction of sp³-hybridized carbons (Fsp3) is 0.0476.